The summed E-state index contributed by atoms with van der Waals surface area (Å²) in [4.78, 5) is 14.0. The molecule has 0 amide bonds. The molecule has 2 aromatic rings. The molecular formula is C13H16N2O3S. The molecule has 0 saturated heterocycles. The first-order valence-corrected chi connectivity index (χ1v) is 7.64. The number of nitrogens with one attached hydrogen (secondary N) is 2. The van der Waals surface area contributed by atoms with Crippen LogP contribution in [0, 0.1) is 0 Å². The molecule has 5 nitrogen and oxygen atoms in total. The van der Waals surface area contributed by atoms with E-state index in [2.05, 4.69) is 9.71 Å². The Hall–Kier alpha value is -1.66. The summed E-state index contributed by atoms with van der Waals surface area (Å²) in [6, 6.07) is 7.64. The Morgan fingerprint density at radius 1 is 1.21 bits per heavy atom. The lowest BCUT2D eigenvalue weighted by atomic mass is 10.2. The molecule has 0 aliphatic carbocycles. The van der Waals surface area contributed by atoms with Crippen molar-refractivity contribution in [2.24, 2.45) is 0 Å². The predicted octanol–water partition coefficient (Wildman–Crippen LogP) is 1.61. The lowest BCUT2D eigenvalue weighted by Gasteiger charge is -2.07. The van der Waals surface area contributed by atoms with E-state index in [1.807, 2.05) is 6.92 Å². The minimum absolute atomic E-state index is 0.204. The van der Waals surface area contributed by atoms with Gasteiger partial charge in [0.2, 0.25) is 15.6 Å². The minimum Gasteiger partial charge on any atom is -0.322 e. The van der Waals surface area contributed by atoms with E-state index in [9.17, 15) is 13.2 Å². The van der Waals surface area contributed by atoms with E-state index in [0.29, 0.717) is 17.4 Å². The average Bonchev–Trinajstić information content (AvgIpc) is 2.38. The summed E-state index contributed by atoms with van der Waals surface area (Å²) in [5.41, 5.74) is 0.421. The Labute approximate surface area is 111 Å². The number of rotatable bonds is 5. The number of H-pyrrole nitrogens is 1. The predicted molar refractivity (Wildman–Crippen MR) is 74.7 cm³/mol. The first-order valence-electron chi connectivity index (χ1n) is 6.16. The van der Waals surface area contributed by atoms with Gasteiger partial charge in [0, 0.05) is 18.1 Å². The number of fused-ring (bicyclic) bond motifs is 1. The van der Waals surface area contributed by atoms with Gasteiger partial charge in [-0.25, -0.2) is 13.1 Å². The first kappa shape index (κ1) is 13.8. The summed E-state index contributed by atoms with van der Waals surface area (Å²) in [6.45, 7) is 2.43. The van der Waals surface area contributed by atoms with Crippen LogP contribution >= 0.6 is 0 Å². The molecule has 1 aromatic heterocycles. The first-order chi connectivity index (χ1) is 9.03. The van der Waals surface area contributed by atoms with Crippen LogP contribution in [0.25, 0.3) is 10.9 Å². The molecule has 19 heavy (non-hydrogen) atoms. The molecule has 0 bridgehead atoms. The molecule has 2 rings (SSSR count). The van der Waals surface area contributed by atoms with Crippen LogP contribution in [0.3, 0.4) is 0 Å². The highest BCUT2D eigenvalue weighted by atomic mass is 32.2. The van der Waals surface area contributed by atoms with Crippen LogP contribution in [-0.4, -0.2) is 19.9 Å². The standard InChI is InChI=1S/C13H16N2O3S/c1-2-3-8-14-19(17,18)11-5-6-12-10(9-11)4-7-13(16)15-12/h4-7,9,14H,2-3,8H2,1H3,(H,15,16). The molecule has 2 N–H and O–H groups in total. The number of unbranched alkanes of at least 4 members (excludes halogenated alkanes) is 1. The van der Waals surface area contributed by atoms with Gasteiger partial charge in [0.25, 0.3) is 0 Å². The van der Waals surface area contributed by atoms with Crippen LogP contribution in [0.2, 0.25) is 0 Å². The number of hydrogen-bond acceptors (Lipinski definition) is 3. The normalized spacial score (nSPS) is 11.8. The van der Waals surface area contributed by atoms with Gasteiger partial charge in [-0.05, 0) is 36.1 Å². The lowest BCUT2D eigenvalue weighted by Crippen LogP contribution is -2.24. The van der Waals surface area contributed by atoms with E-state index < -0.39 is 10.0 Å². The summed E-state index contributed by atoms with van der Waals surface area (Å²) < 4.78 is 26.6. The Bertz CT molecular complexity index is 735. The van der Waals surface area contributed by atoms with Crippen LogP contribution in [0.1, 0.15) is 19.8 Å². The largest absolute Gasteiger partial charge is 0.322 e. The van der Waals surface area contributed by atoms with Gasteiger partial charge >= 0.3 is 0 Å². The zero-order valence-electron chi connectivity index (χ0n) is 10.6. The van der Waals surface area contributed by atoms with Crippen molar-refractivity contribution in [2.75, 3.05) is 6.54 Å². The van der Waals surface area contributed by atoms with Crippen LogP contribution in [0.4, 0.5) is 0 Å². The highest BCUT2D eigenvalue weighted by Crippen LogP contribution is 2.16. The summed E-state index contributed by atoms with van der Waals surface area (Å²) in [5.74, 6) is 0. The molecule has 1 heterocycles. The van der Waals surface area contributed by atoms with Gasteiger partial charge in [-0.15, -0.1) is 0 Å². The number of benzene rings is 1. The molecule has 102 valence electrons. The highest BCUT2D eigenvalue weighted by Gasteiger charge is 2.13. The van der Waals surface area contributed by atoms with Gasteiger partial charge in [0.15, 0.2) is 0 Å². The minimum atomic E-state index is -3.48. The van der Waals surface area contributed by atoms with E-state index in [4.69, 9.17) is 0 Å². The topological polar surface area (TPSA) is 79.0 Å². The number of hydrogen-bond donors (Lipinski definition) is 2. The average molecular weight is 280 g/mol. The van der Waals surface area contributed by atoms with Crippen LogP contribution in [-0.2, 0) is 10.0 Å². The Morgan fingerprint density at radius 3 is 2.74 bits per heavy atom. The van der Waals surface area contributed by atoms with Gasteiger partial charge in [0.1, 0.15) is 0 Å². The van der Waals surface area contributed by atoms with Gasteiger partial charge in [-0.2, -0.15) is 0 Å². The third-order valence-electron chi connectivity index (χ3n) is 2.83. The molecular weight excluding hydrogens is 264 g/mol. The maximum atomic E-state index is 12.0. The smallest absolute Gasteiger partial charge is 0.248 e. The SMILES string of the molecule is CCCCNS(=O)(=O)c1ccc2[nH]c(=O)ccc2c1. The van der Waals surface area contributed by atoms with Crippen LogP contribution in [0.15, 0.2) is 40.0 Å². The molecule has 0 radical (unpaired) electrons. The fourth-order valence-corrected chi connectivity index (χ4v) is 2.88. The molecule has 1 aromatic carbocycles. The maximum Gasteiger partial charge on any atom is 0.248 e. The molecule has 0 unspecified atom stereocenters. The number of sulfonamides is 1. The molecule has 0 spiro atoms. The van der Waals surface area contributed by atoms with Crippen molar-refractivity contribution in [3.8, 4) is 0 Å². The maximum absolute atomic E-state index is 12.0. The molecule has 0 aliphatic heterocycles. The van der Waals surface area contributed by atoms with E-state index in [-0.39, 0.29) is 10.5 Å². The van der Waals surface area contributed by atoms with E-state index in [1.54, 1.807) is 18.2 Å². The Kier molecular flexibility index (Phi) is 4.01. The second kappa shape index (κ2) is 5.54. The summed E-state index contributed by atoms with van der Waals surface area (Å²) in [7, 11) is -3.48. The van der Waals surface area contributed by atoms with Crippen molar-refractivity contribution in [3.63, 3.8) is 0 Å². The summed E-state index contributed by atoms with van der Waals surface area (Å²) in [6.07, 6.45) is 1.74. The number of aromatic amines is 1. The lowest BCUT2D eigenvalue weighted by molar-refractivity contribution is 0.578. The number of pyridine rings is 1. The summed E-state index contributed by atoms with van der Waals surface area (Å²) >= 11 is 0. The third kappa shape index (κ3) is 3.21. The van der Waals surface area contributed by atoms with Crippen molar-refractivity contribution < 1.29 is 8.42 Å². The van der Waals surface area contributed by atoms with Crippen molar-refractivity contribution in [1.82, 2.24) is 9.71 Å². The van der Waals surface area contributed by atoms with Crippen molar-refractivity contribution in [3.05, 3.63) is 40.7 Å². The zero-order chi connectivity index (χ0) is 13.9. The molecule has 0 atom stereocenters. The number of aromatic nitrogens is 1. The van der Waals surface area contributed by atoms with Gasteiger partial charge in [-0.1, -0.05) is 13.3 Å². The van der Waals surface area contributed by atoms with E-state index >= 15 is 0 Å². The molecule has 0 saturated carbocycles. The van der Waals surface area contributed by atoms with Gasteiger partial charge in [0.05, 0.1) is 4.90 Å². The highest BCUT2D eigenvalue weighted by molar-refractivity contribution is 7.89. The summed E-state index contributed by atoms with van der Waals surface area (Å²) in [5, 5.41) is 0.693. The molecule has 0 aliphatic rings. The second-order valence-electron chi connectivity index (χ2n) is 4.32. The van der Waals surface area contributed by atoms with Gasteiger partial charge in [-0.3, -0.25) is 4.79 Å². The fraction of sp³-hybridized carbons (Fsp3) is 0.308. The van der Waals surface area contributed by atoms with E-state index in [0.717, 1.165) is 12.8 Å². The van der Waals surface area contributed by atoms with Crippen molar-refractivity contribution in [2.45, 2.75) is 24.7 Å². The van der Waals surface area contributed by atoms with Crippen molar-refractivity contribution >= 4 is 20.9 Å². The van der Waals surface area contributed by atoms with Crippen molar-refractivity contribution in [1.29, 1.82) is 0 Å². The monoisotopic (exact) mass is 280 g/mol. The Balaban J connectivity index is 2.35. The van der Waals surface area contributed by atoms with Crippen LogP contribution < -0.4 is 10.3 Å². The second-order valence-corrected chi connectivity index (χ2v) is 6.09. The zero-order valence-corrected chi connectivity index (χ0v) is 11.5. The molecule has 6 heteroatoms. The molecule has 0 fully saturated rings. The van der Waals surface area contributed by atoms with Gasteiger partial charge < -0.3 is 4.98 Å². The van der Waals surface area contributed by atoms with Crippen LogP contribution in [0.5, 0.6) is 0 Å². The fourth-order valence-electron chi connectivity index (χ4n) is 1.77. The quantitative estimate of drug-likeness (QED) is 0.817. The van der Waals surface area contributed by atoms with E-state index in [1.165, 1.54) is 12.1 Å². The Morgan fingerprint density at radius 2 is 2.00 bits per heavy atom. The third-order valence-corrected chi connectivity index (χ3v) is 4.29.